The summed E-state index contributed by atoms with van der Waals surface area (Å²) in [6, 6.07) is 12.3. The van der Waals surface area contributed by atoms with Gasteiger partial charge in [0.2, 0.25) is 21.9 Å². The van der Waals surface area contributed by atoms with Gasteiger partial charge in [-0.3, -0.25) is 19.3 Å². The van der Waals surface area contributed by atoms with Crippen molar-refractivity contribution in [3.05, 3.63) is 54.2 Å². The lowest BCUT2D eigenvalue weighted by molar-refractivity contribution is -0.137. The topological polar surface area (TPSA) is 204 Å². The number of nitrogens with two attached hydrogens (primary N) is 1. The van der Waals surface area contributed by atoms with Crippen molar-refractivity contribution < 1.29 is 37.1 Å². The average molecular weight is 833 g/mol. The molecule has 316 valence electrons. The van der Waals surface area contributed by atoms with Crippen LogP contribution in [0.25, 0.3) is 0 Å². The van der Waals surface area contributed by atoms with Crippen LogP contribution in [0.5, 0.6) is 5.75 Å². The molecule has 3 saturated heterocycles. The number of anilines is 6. The molecule has 2 aromatic carbocycles. The molecule has 0 atom stereocenters. The normalized spacial score (nSPS) is 18.2. The second-order valence-electron chi connectivity index (χ2n) is 15.4. The summed E-state index contributed by atoms with van der Waals surface area (Å²) in [6.07, 6.45) is 4.95. The lowest BCUT2D eigenvalue weighted by atomic mass is 9.91. The maximum atomic E-state index is 13.6. The van der Waals surface area contributed by atoms with Gasteiger partial charge in [0.05, 0.1) is 36.0 Å². The smallest absolute Gasteiger partial charge is 0.405 e. The number of rotatable bonds is 11. The van der Waals surface area contributed by atoms with Crippen LogP contribution in [0.15, 0.2) is 48.7 Å². The lowest BCUT2D eigenvalue weighted by Crippen LogP contribution is -2.52. The number of fused-ring (bicyclic) bond motifs is 2. The zero-order valence-electron chi connectivity index (χ0n) is 33.7. The zero-order chi connectivity index (χ0) is 41.8. The van der Waals surface area contributed by atoms with Gasteiger partial charge in [0.1, 0.15) is 11.4 Å². The molecule has 4 amide bonds. The number of hydrogen-bond donors (Lipinski definition) is 2. The molecule has 59 heavy (non-hydrogen) atoms. The monoisotopic (exact) mass is 832 g/mol. The molecule has 0 unspecified atom stereocenters. The highest BCUT2D eigenvalue weighted by Gasteiger charge is 2.36. The summed E-state index contributed by atoms with van der Waals surface area (Å²) in [5, 5.41) is 3.20. The van der Waals surface area contributed by atoms with Crippen molar-refractivity contribution in [1.29, 1.82) is 0 Å². The highest BCUT2D eigenvalue weighted by atomic mass is 32.2. The Hall–Kier alpha value is -5.69. The van der Waals surface area contributed by atoms with E-state index in [0.717, 1.165) is 87.7 Å². The van der Waals surface area contributed by atoms with E-state index in [1.54, 1.807) is 36.2 Å². The zero-order valence-corrected chi connectivity index (χ0v) is 34.5. The molecule has 4 aliphatic heterocycles. The van der Waals surface area contributed by atoms with Crippen LogP contribution in [0.4, 0.5) is 39.3 Å². The predicted molar refractivity (Wildman–Crippen MR) is 222 cm³/mol. The number of piperidine rings is 2. The minimum Gasteiger partial charge on any atom is -0.492 e. The molecule has 3 aromatic rings. The Balaban J connectivity index is 0.935. The van der Waals surface area contributed by atoms with Crippen molar-refractivity contribution in [2.75, 3.05) is 105 Å². The minimum absolute atomic E-state index is 0.0302. The van der Waals surface area contributed by atoms with Crippen LogP contribution >= 0.6 is 0 Å². The number of carbonyl (C=O) groups excluding carboxylic acids is 4. The van der Waals surface area contributed by atoms with Crippen molar-refractivity contribution in [3.8, 4) is 5.75 Å². The molecular weight excluding hydrogens is 781 g/mol. The van der Waals surface area contributed by atoms with Crippen molar-refractivity contribution >= 4 is 68.4 Å². The standard InChI is InChI=1S/C40H52N10O8S/c1-4-57-34-23-29(9-10-31(34)43-40-42-24-33-36(44-40)50(59(3,55)56)32-8-6-5-7-30(32)38(53)45(33)2)47-17-13-28(14-18-47)37(52)49-15-11-27(12-16-49)25-46-19-21-48(22-20-46)35(51)26-58-39(41)54/h5-10,23-24,27-28H,4,11-22,25-26H2,1-3H3,(H2,41,54)(H,42,43,44). The second-order valence-corrected chi connectivity index (χ2v) is 17.2. The van der Waals surface area contributed by atoms with Gasteiger partial charge in [-0.1, -0.05) is 12.1 Å². The third kappa shape index (κ3) is 9.30. The number of nitrogens with one attached hydrogen (secondary N) is 1. The van der Waals surface area contributed by atoms with Gasteiger partial charge in [-0.2, -0.15) is 4.98 Å². The van der Waals surface area contributed by atoms with Gasteiger partial charge in [-0.25, -0.2) is 22.5 Å². The summed E-state index contributed by atoms with van der Waals surface area (Å²) in [5.41, 5.74) is 7.18. The molecule has 7 rings (SSSR count). The lowest BCUT2D eigenvalue weighted by Gasteiger charge is -2.40. The quantitative estimate of drug-likeness (QED) is 0.286. The first-order valence-electron chi connectivity index (χ1n) is 20.0. The summed E-state index contributed by atoms with van der Waals surface area (Å²) in [6.45, 7) is 8.54. The number of ether oxygens (including phenoxy) is 2. The molecule has 4 aliphatic rings. The van der Waals surface area contributed by atoms with E-state index in [1.165, 1.54) is 11.1 Å². The van der Waals surface area contributed by atoms with Gasteiger partial charge in [0, 0.05) is 83.6 Å². The largest absolute Gasteiger partial charge is 0.492 e. The molecule has 1 aromatic heterocycles. The van der Waals surface area contributed by atoms with Crippen LogP contribution in [-0.4, -0.2) is 142 Å². The van der Waals surface area contributed by atoms with E-state index in [-0.39, 0.29) is 59.0 Å². The van der Waals surface area contributed by atoms with E-state index in [0.29, 0.717) is 37.1 Å². The summed E-state index contributed by atoms with van der Waals surface area (Å²) in [5.74, 6) is 0.809. The first kappa shape index (κ1) is 41.5. The van der Waals surface area contributed by atoms with E-state index < -0.39 is 16.1 Å². The number of amides is 4. The molecule has 0 radical (unpaired) electrons. The van der Waals surface area contributed by atoms with E-state index in [1.807, 2.05) is 30.0 Å². The van der Waals surface area contributed by atoms with Crippen LogP contribution in [0.3, 0.4) is 0 Å². The van der Waals surface area contributed by atoms with Gasteiger partial charge in [-0.15, -0.1) is 0 Å². The van der Waals surface area contributed by atoms with Crippen LogP contribution in [0, 0.1) is 11.8 Å². The molecule has 0 spiro atoms. The number of primary amides is 1. The van der Waals surface area contributed by atoms with Crippen LogP contribution < -0.4 is 29.9 Å². The number of carbonyl (C=O) groups is 4. The predicted octanol–water partition coefficient (Wildman–Crippen LogP) is 3.00. The van der Waals surface area contributed by atoms with Gasteiger partial charge in [-0.05, 0) is 62.8 Å². The number of nitrogens with zero attached hydrogens (tertiary/aromatic N) is 8. The van der Waals surface area contributed by atoms with Crippen LogP contribution in [-0.2, 0) is 24.3 Å². The Morgan fingerprint density at radius 3 is 2.31 bits per heavy atom. The molecule has 5 heterocycles. The fourth-order valence-corrected chi connectivity index (χ4v) is 9.30. The highest BCUT2D eigenvalue weighted by Crippen LogP contribution is 2.41. The van der Waals surface area contributed by atoms with Crippen molar-refractivity contribution in [3.63, 3.8) is 0 Å². The molecule has 18 nitrogen and oxygen atoms in total. The van der Waals surface area contributed by atoms with Crippen molar-refractivity contribution in [1.82, 2.24) is 24.7 Å². The van der Waals surface area contributed by atoms with Crippen molar-refractivity contribution in [2.45, 2.75) is 32.6 Å². The second kappa shape index (κ2) is 17.7. The highest BCUT2D eigenvalue weighted by molar-refractivity contribution is 7.92. The summed E-state index contributed by atoms with van der Waals surface area (Å²) in [7, 11) is -2.36. The number of aromatic nitrogens is 2. The van der Waals surface area contributed by atoms with Crippen molar-refractivity contribution in [2.24, 2.45) is 17.6 Å². The summed E-state index contributed by atoms with van der Waals surface area (Å²) < 4.78 is 38.1. The van der Waals surface area contributed by atoms with Crippen LogP contribution in [0.2, 0.25) is 0 Å². The number of hydrogen-bond acceptors (Lipinski definition) is 13. The number of para-hydroxylation sites is 1. The number of benzene rings is 2. The Morgan fingerprint density at radius 2 is 1.63 bits per heavy atom. The van der Waals surface area contributed by atoms with Gasteiger partial charge in [0.25, 0.3) is 11.8 Å². The first-order valence-corrected chi connectivity index (χ1v) is 21.9. The molecule has 3 N–H and O–H groups in total. The maximum Gasteiger partial charge on any atom is 0.405 e. The third-order valence-corrected chi connectivity index (χ3v) is 12.6. The van der Waals surface area contributed by atoms with E-state index >= 15 is 0 Å². The van der Waals surface area contributed by atoms with Gasteiger partial charge in [0.15, 0.2) is 12.4 Å². The van der Waals surface area contributed by atoms with E-state index in [9.17, 15) is 27.6 Å². The Labute approximate surface area is 344 Å². The minimum atomic E-state index is -3.92. The maximum absolute atomic E-state index is 13.6. The van der Waals surface area contributed by atoms with Gasteiger partial charge < -0.3 is 40.1 Å². The molecule has 0 bridgehead atoms. The number of piperazine rings is 1. The number of sulfonamides is 1. The Morgan fingerprint density at radius 1 is 0.915 bits per heavy atom. The summed E-state index contributed by atoms with van der Waals surface area (Å²) in [4.78, 5) is 68.8. The van der Waals surface area contributed by atoms with Crippen LogP contribution in [0.1, 0.15) is 43.0 Å². The average Bonchev–Trinajstić information content (AvgIpc) is 3.32. The third-order valence-electron chi connectivity index (χ3n) is 11.5. The Bertz CT molecular complexity index is 2170. The van der Waals surface area contributed by atoms with E-state index in [2.05, 4.69) is 29.8 Å². The first-order chi connectivity index (χ1) is 28.3. The summed E-state index contributed by atoms with van der Waals surface area (Å²) >= 11 is 0. The Kier molecular flexibility index (Phi) is 12.4. The molecular formula is C40H52N10O8S. The fraction of sp³-hybridized carbons (Fsp3) is 0.500. The van der Waals surface area contributed by atoms with Gasteiger partial charge >= 0.3 is 6.09 Å². The fourth-order valence-electron chi connectivity index (χ4n) is 8.34. The molecule has 0 saturated carbocycles. The molecule has 19 heteroatoms. The van der Waals surface area contributed by atoms with E-state index in [4.69, 9.17) is 10.5 Å². The molecule has 0 aliphatic carbocycles. The molecule has 3 fully saturated rings. The SMILES string of the molecule is CCOc1cc(N2CCC(C(=O)N3CCC(CN4CCN(C(=O)COC(N)=O)CC4)CC3)CC2)ccc1Nc1ncc2c(n1)N(S(C)(=O)=O)c1ccccc1C(=O)N2C. The number of likely N-dealkylation sites (tertiary alicyclic amines) is 1.